The summed E-state index contributed by atoms with van der Waals surface area (Å²) in [7, 11) is -5.76. The second kappa shape index (κ2) is 15.1. The van der Waals surface area contributed by atoms with E-state index in [2.05, 4.69) is 68.3 Å². The number of carbonyl (C=O) groups is 1. The molecule has 2 aromatic carbocycles. The van der Waals surface area contributed by atoms with Crippen molar-refractivity contribution < 1.29 is 22.7 Å². The molecule has 10 heteroatoms. The van der Waals surface area contributed by atoms with Crippen LogP contribution in [0.1, 0.15) is 82.6 Å². The zero-order chi connectivity index (χ0) is 31.8. The minimum atomic E-state index is -3.56. The summed E-state index contributed by atoms with van der Waals surface area (Å²) in [6.07, 6.45) is 8.17. The predicted molar refractivity (Wildman–Crippen MR) is 178 cm³/mol. The van der Waals surface area contributed by atoms with Crippen LogP contribution >= 0.6 is 0 Å². The maximum atomic E-state index is 12.6. The summed E-state index contributed by atoms with van der Waals surface area (Å²) in [5, 5.41) is 17.0. The molecule has 0 aliphatic heterocycles. The third-order valence-electron chi connectivity index (χ3n) is 8.79. The van der Waals surface area contributed by atoms with Crippen LogP contribution in [0.2, 0.25) is 18.1 Å². The Morgan fingerprint density at radius 3 is 2.40 bits per heavy atom. The molecule has 0 unspecified atom stereocenters. The van der Waals surface area contributed by atoms with Crippen molar-refractivity contribution in [1.29, 1.82) is 0 Å². The summed E-state index contributed by atoms with van der Waals surface area (Å²) < 4.78 is 33.0. The summed E-state index contributed by atoms with van der Waals surface area (Å²) in [6, 6.07) is 13.3. The molecular weight excluding hydrogens is 579 g/mol. The van der Waals surface area contributed by atoms with Gasteiger partial charge in [0, 0.05) is 19.1 Å². The monoisotopic (exact) mass is 631 g/mol. The lowest BCUT2D eigenvalue weighted by atomic mass is 9.89. The smallest absolute Gasteiger partial charge is 0.229 e. The van der Waals surface area contributed by atoms with E-state index in [0.717, 1.165) is 35.9 Å². The lowest BCUT2D eigenvalue weighted by Gasteiger charge is -2.40. The quantitative estimate of drug-likeness (QED) is 0.144. The fourth-order valence-electron chi connectivity index (χ4n) is 5.29. The topological polar surface area (TPSA) is 117 Å². The van der Waals surface area contributed by atoms with Crippen LogP contribution in [0.4, 0.5) is 5.69 Å². The van der Waals surface area contributed by atoms with Crippen molar-refractivity contribution in [2.24, 2.45) is 5.92 Å². The Kier molecular flexibility index (Phi) is 12.3. The summed E-state index contributed by atoms with van der Waals surface area (Å²) in [5.74, 6) is 0.562. The van der Waals surface area contributed by atoms with E-state index in [0.29, 0.717) is 18.9 Å². The first-order valence-corrected chi connectivity index (χ1v) is 20.4. The van der Waals surface area contributed by atoms with Crippen LogP contribution in [0, 0.1) is 5.92 Å². The van der Waals surface area contributed by atoms with Gasteiger partial charge in [0.15, 0.2) is 8.32 Å². The Balaban J connectivity index is 1.66. The van der Waals surface area contributed by atoms with Crippen LogP contribution in [0.25, 0.3) is 0 Å². The molecule has 0 spiro atoms. The van der Waals surface area contributed by atoms with E-state index >= 15 is 0 Å². The standard InChI is InChI=1S/C33H53N3O5SSi/c1-24(18-26-14-11-15-27(19-26)20-32(38)35-22-25-12-9-8-10-13-25)34-23-31(41-43(6,7)33(2,3)4)28-16-17-30(37)29(21-28)36-42(5,39)40/h11,14-17,19,21,24-25,31,34,36-37H,8-10,12-13,18,20,22-23H2,1-7H3,(H,35,38)/t24-,31+/m1/s1. The lowest BCUT2D eigenvalue weighted by Crippen LogP contribution is -2.44. The van der Waals surface area contributed by atoms with Crippen molar-refractivity contribution in [3.05, 3.63) is 59.2 Å². The molecule has 0 bridgehead atoms. The highest BCUT2D eigenvalue weighted by Crippen LogP contribution is 2.40. The van der Waals surface area contributed by atoms with Crippen molar-refractivity contribution in [3.63, 3.8) is 0 Å². The van der Waals surface area contributed by atoms with Crippen molar-refractivity contribution in [2.75, 3.05) is 24.1 Å². The number of sulfonamides is 1. The number of rotatable bonds is 14. The Labute approximate surface area is 260 Å². The van der Waals surface area contributed by atoms with E-state index in [9.17, 15) is 18.3 Å². The first kappa shape index (κ1) is 35.1. The van der Waals surface area contributed by atoms with E-state index in [1.165, 1.54) is 38.2 Å². The summed E-state index contributed by atoms with van der Waals surface area (Å²) >= 11 is 0. The third-order valence-corrected chi connectivity index (χ3v) is 13.9. The fraction of sp³-hybridized carbons (Fsp3) is 0.606. The summed E-state index contributed by atoms with van der Waals surface area (Å²) in [5.41, 5.74) is 3.09. The van der Waals surface area contributed by atoms with Gasteiger partial charge in [0.05, 0.1) is 24.5 Å². The predicted octanol–water partition coefficient (Wildman–Crippen LogP) is 6.29. The zero-order valence-corrected chi connectivity index (χ0v) is 28.9. The van der Waals surface area contributed by atoms with Crippen molar-refractivity contribution in [2.45, 2.75) is 103 Å². The number of phenolic OH excluding ortho intramolecular Hbond substituents is 1. The highest BCUT2D eigenvalue weighted by molar-refractivity contribution is 7.92. The van der Waals surface area contributed by atoms with Gasteiger partial charge in [-0.1, -0.05) is 70.4 Å². The Morgan fingerprint density at radius 2 is 1.74 bits per heavy atom. The van der Waals surface area contributed by atoms with Crippen LogP contribution < -0.4 is 15.4 Å². The molecule has 1 aliphatic rings. The van der Waals surface area contributed by atoms with Crippen LogP contribution in [-0.2, 0) is 32.1 Å². The van der Waals surface area contributed by atoms with E-state index in [-0.39, 0.29) is 34.5 Å². The van der Waals surface area contributed by atoms with Gasteiger partial charge in [-0.15, -0.1) is 0 Å². The van der Waals surface area contributed by atoms with Crippen LogP contribution in [0.3, 0.4) is 0 Å². The highest BCUT2D eigenvalue weighted by Gasteiger charge is 2.39. The average molecular weight is 632 g/mol. The largest absolute Gasteiger partial charge is 0.506 e. The molecule has 1 saturated carbocycles. The number of hydrogen-bond acceptors (Lipinski definition) is 6. The molecule has 1 amide bonds. The van der Waals surface area contributed by atoms with Gasteiger partial charge in [-0.3, -0.25) is 9.52 Å². The second-order valence-electron chi connectivity index (χ2n) is 13.8. The van der Waals surface area contributed by atoms with Gasteiger partial charge in [0.25, 0.3) is 0 Å². The molecule has 0 heterocycles. The van der Waals surface area contributed by atoms with Gasteiger partial charge in [-0.05, 0) is 79.1 Å². The molecule has 8 nitrogen and oxygen atoms in total. The number of hydrogen-bond donors (Lipinski definition) is 4. The molecule has 240 valence electrons. The van der Waals surface area contributed by atoms with Crippen LogP contribution in [-0.4, -0.2) is 53.1 Å². The highest BCUT2D eigenvalue weighted by atomic mass is 32.2. The molecule has 1 aliphatic carbocycles. The van der Waals surface area contributed by atoms with E-state index in [4.69, 9.17) is 4.43 Å². The minimum absolute atomic E-state index is 0.0231. The fourth-order valence-corrected chi connectivity index (χ4v) is 7.14. The summed E-state index contributed by atoms with van der Waals surface area (Å²) in [4.78, 5) is 12.6. The Bertz CT molecular complexity index is 1320. The number of anilines is 1. The lowest BCUT2D eigenvalue weighted by molar-refractivity contribution is -0.120. The van der Waals surface area contributed by atoms with E-state index < -0.39 is 18.3 Å². The number of phenols is 1. The van der Waals surface area contributed by atoms with Gasteiger partial charge in [-0.2, -0.15) is 0 Å². The molecule has 2 aromatic rings. The minimum Gasteiger partial charge on any atom is -0.506 e. The molecule has 0 aromatic heterocycles. The van der Waals surface area contributed by atoms with Crippen molar-refractivity contribution in [1.82, 2.24) is 10.6 Å². The summed E-state index contributed by atoms with van der Waals surface area (Å²) in [6.45, 7) is 14.4. The van der Waals surface area contributed by atoms with Gasteiger partial charge in [0.2, 0.25) is 15.9 Å². The van der Waals surface area contributed by atoms with Crippen molar-refractivity contribution in [3.8, 4) is 5.75 Å². The molecule has 0 radical (unpaired) electrons. The number of carbonyl (C=O) groups excluding carboxylic acids is 1. The normalized spacial score (nSPS) is 16.4. The molecule has 1 fully saturated rings. The van der Waals surface area contributed by atoms with Crippen LogP contribution in [0.5, 0.6) is 5.75 Å². The molecule has 0 saturated heterocycles. The van der Waals surface area contributed by atoms with Crippen LogP contribution in [0.15, 0.2) is 42.5 Å². The molecular formula is C33H53N3O5SSi. The van der Waals surface area contributed by atoms with Gasteiger partial charge < -0.3 is 20.2 Å². The maximum Gasteiger partial charge on any atom is 0.229 e. The maximum absolute atomic E-state index is 12.6. The van der Waals surface area contributed by atoms with Gasteiger partial charge >= 0.3 is 0 Å². The number of aromatic hydroxyl groups is 1. The third kappa shape index (κ3) is 11.6. The first-order valence-electron chi connectivity index (χ1n) is 15.6. The molecule has 2 atom stereocenters. The Hall–Kier alpha value is -2.40. The van der Waals surface area contributed by atoms with E-state index in [1.807, 2.05) is 12.1 Å². The van der Waals surface area contributed by atoms with Gasteiger partial charge in [-0.25, -0.2) is 8.42 Å². The first-order chi connectivity index (χ1) is 20.0. The second-order valence-corrected chi connectivity index (χ2v) is 20.3. The Morgan fingerprint density at radius 1 is 1.07 bits per heavy atom. The zero-order valence-electron chi connectivity index (χ0n) is 27.1. The van der Waals surface area contributed by atoms with E-state index in [1.54, 1.807) is 12.1 Å². The van der Waals surface area contributed by atoms with Crippen molar-refractivity contribution >= 4 is 29.9 Å². The number of nitrogens with one attached hydrogen (secondary N) is 3. The number of amides is 1. The number of benzene rings is 2. The average Bonchev–Trinajstić information content (AvgIpc) is 2.90. The van der Waals surface area contributed by atoms with Gasteiger partial charge in [0.1, 0.15) is 5.75 Å². The molecule has 3 rings (SSSR count). The molecule has 4 N–H and O–H groups in total. The SMILES string of the molecule is C[C@H](Cc1cccc(CC(=O)NCC2CCCCC2)c1)NC[C@H](O[Si](C)(C)C(C)(C)C)c1ccc(O)c(NS(C)(=O)=O)c1. The molecule has 43 heavy (non-hydrogen) atoms.